The summed E-state index contributed by atoms with van der Waals surface area (Å²) in [6.07, 6.45) is 1.70. The van der Waals surface area contributed by atoms with E-state index in [4.69, 9.17) is 9.47 Å². The van der Waals surface area contributed by atoms with Crippen molar-refractivity contribution in [3.05, 3.63) is 71.2 Å². The molecule has 0 aliphatic rings. The van der Waals surface area contributed by atoms with E-state index in [0.717, 1.165) is 28.4 Å². The summed E-state index contributed by atoms with van der Waals surface area (Å²) in [5.41, 5.74) is 3.91. The second-order valence-corrected chi connectivity index (χ2v) is 6.02. The van der Waals surface area contributed by atoms with Crippen LogP contribution in [0.25, 0.3) is 0 Å². The predicted octanol–water partition coefficient (Wildman–Crippen LogP) is 4.38. The van der Waals surface area contributed by atoms with Crippen LogP contribution in [0.2, 0.25) is 0 Å². The average Bonchev–Trinajstić information content (AvgIpc) is 2.67. The highest BCUT2D eigenvalue weighted by Gasteiger charge is 2.08. The molecule has 136 valence electrons. The first-order valence-electron chi connectivity index (χ1n) is 8.48. The molecule has 3 rings (SSSR count). The first-order chi connectivity index (χ1) is 13.1. The fourth-order valence-corrected chi connectivity index (χ4v) is 2.69. The van der Waals surface area contributed by atoms with Gasteiger partial charge in [0.2, 0.25) is 5.88 Å². The Morgan fingerprint density at radius 1 is 1.07 bits per heavy atom. The van der Waals surface area contributed by atoms with Crippen LogP contribution in [0.1, 0.15) is 22.5 Å². The number of methoxy groups -OCH3 is 1. The molecule has 2 heterocycles. The van der Waals surface area contributed by atoms with Gasteiger partial charge < -0.3 is 14.8 Å². The lowest BCUT2D eigenvalue weighted by atomic mass is 10.1. The number of rotatable bonds is 6. The van der Waals surface area contributed by atoms with Crippen molar-refractivity contribution in [2.45, 2.75) is 20.4 Å². The highest BCUT2D eigenvalue weighted by molar-refractivity contribution is 5.60. The van der Waals surface area contributed by atoms with Crippen molar-refractivity contribution in [1.29, 1.82) is 5.26 Å². The molecule has 6 heteroatoms. The molecule has 0 aliphatic heterocycles. The number of hydrogen-bond acceptors (Lipinski definition) is 6. The van der Waals surface area contributed by atoms with Gasteiger partial charge in [-0.15, -0.1) is 0 Å². The number of nitriles is 1. The fraction of sp³-hybridized carbons (Fsp3) is 0.190. The summed E-state index contributed by atoms with van der Waals surface area (Å²) in [5, 5.41) is 12.7. The molecule has 1 aromatic carbocycles. The normalized spacial score (nSPS) is 10.1. The van der Waals surface area contributed by atoms with Gasteiger partial charge in [-0.1, -0.05) is 0 Å². The van der Waals surface area contributed by atoms with Crippen LogP contribution in [0.15, 0.2) is 48.7 Å². The molecule has 1 N–H and O–H groups in total. The number of benzene rings is 1. The van der Waals surface area contributed by atoms with Crippen LogP contribution in [0.4, 0.5) is 5.69 Å². The summed E-state index contributed by atoms with van der Waals surface area (Å²) < 4.78 is 10.9. The summed E-state index contributed by atoms with van der Waals surface area (Å²) in [4.78, 5) is 8.58. The smallest absolute Gasteiger partial charge is 0.219 e. The van der Waals surface area contributed by atoms with Crippen LogP contribution in [0.3, 0.4) is 0 Å². The van der Waals surface area contributed by atoms with Gasteiger partial charge in [-0.2, -0.15) is 5.26 Å². The molecule has 3 aromatic rings. The highest BCUT2D eigenvalue weighted by atomic mass is 16.5. The van der Waals surface area contributed by atoms with Crippen molar-refractivity contribution in [1.82, 2.24) is 9.97 Å². The third-order valence-corrected chi connectivity index (χ3v) is 4.00. The van der Waals surface area contributed by atoms with Gasteiger partial charge >= 0.3 is 0 Å². The minimum atomic E-state index is 0.502. The summed E-state index contributed by atoms with van der Waals surface area (Å²) in [6, 6.07) is 15.2. The molecule has 0 radical (unpaired) electrons. The number of hydrogen-bond donors (Lipinski definition) is 1. The third kappa shape index (κ3) is 4.53. The standard InChI is InChI=1S/C21H20N4O2/c1-14-10-20(19(12-22)15(2)25-14)24-13-16-8-9-23-21(11-16)27-18-6-4-17(26-3)5-7-18/h4-11H,13H2,1-3H3,(H,24,25). The van der Waals surface area contributed by atoms with Gasteiger partial charge in [-0.05, 0) is 55.8 Å². The molecule has 0 saturated heterocycles. The van der Waals surface area contributed by atoms with Crippen molar-refractivity contribution < 1.29 is 9.47 Å². The number of aryl methyl sites for hydroxylation is 2. The Morgan fingerprint density at radius 3 is 2.52 bits per heavy atom. The van der Waals surface area contributed by atoms with E-state index in [1.807, 2.05) is 56.3 Å². The van der Waals surface area contributed by atoms with Gasteiger partial charge in [0.05, 0.1) is 24.1 Å². The molecular weight excluding hydrogens is 340 g/mol. The lowest BCUT2D eigenvalue weighted by Crippen LogP contribution is -2.05. The van der Waals surface area contributed by atoms with Gasteiger partial charge in [0, 0.05) is 24.5 Å². The Balaban J connectivity index is 1.72. The molecule has 0 atom stereocenters. The highest BCUT2D eigenvalue weighted by Crippen LogP contribution is 2.24. The quantitative estimate of drug-likeness (QED) is 0.703. The third-order valence-electron chi connectivity index (χ3n) is 4.00. The van der Waals surface area contributed by atoms with Crippen LogP contribution in [0.5, 0.6) is 17.4 Å². The molecule has 0 unspecified atom stereocenters. The maximum atomic E-state index is 9.36. The summed E-state index contributed by atoms with van der Waals surface area (Å²) in [7, 11) is 1.62. The van der Waals surface area contributed by atoms with Gasteiger partial charge in [-0.25, -0.2) is 4.98 Å². The Labute approximate surface area is 158 Å². The SMILES string of the molecule is COc1ccc(Oc2cc(CNc3cc(C)nc(C)c3C#N)ccn2)cc1. The largest absolute Gasteiger partial charge is 0.497 e. The van der Waals surface area contributed by atoms with E-state index in [1.54, 1.807) is 13.3 Å². The molecule has 2 aromatic heterocycles. The second-order valence-electron chi connectivity index (χ2n) is 6.02. The predicted molar refractivity (Wildman–Crippen MR) is 103 cm³/mol. The Morgan fingerprint density at radius 2 is 1.81 bits per heavy atom. The zero-order valence-corrected chi connectivity index (χ0v) is 15.5. The Bertz CT molecular complexity index is 978. The van der Waals surface area contributed by atoms with Gasteiger partial charge in [0.1, 0.15) is 17.6 Å². The van der Waals surface area contributed by atoms with Gasteiger partial charge in [-0.3, -0.25) is 4.98 Å². The topological polar surface area (TPSA) is 80.1 Å². The van der Waals surface area contributed by atoms with E-state index in [-0.39, 0.29) is 0 Å². The zero-order valence-electron chi connectivity index (χ0n) is 15.5. The fourth-order valence-electron chi connectivity index (χ4n) is 2.69. The first-order valence-corrected chi connectivity index (χ1v) is 8.48. The second kappa shape index (κ2) is 8.19. The minimum absolute atomic E-state index is 0.502. The summed E-state index contributed by atoms with van der Waals surface area (Å²) in [6.45, 7) is 4.29. The number of nitrogens with zero attached hydrogens (tertiary/aromatic N) is 3. The summed E-state index contributed by atoms with van der Waals surface area (Å²) in [5.74, 6) is 1.95. The van der Waals surface area contributed by atoms with E-state index >= 15 is 0 Å². The van der Waals surface area contributed by atoms with Crippen molar-refractivity contribution in [2.75, 3.05) is 12.4 Å². The lowest BCUT2D eigenvalue weighted by Gasteiger charge is -2.12. The van der Waals surface area contributed by atoms with E-state index in [0.29, 0.717) is 23.7 Å². The van der Waals surface area contributed by atoms with E-state index in [9.17, 15) is 5.26 Å². The van der Waals surface area contributed by atoms with Gasteiger partial charge in [0.15, 0.2) is 0 Å². The van der Waals surface area contributed by atoms with Gasteiger partial charge in [0.25, 0.3) is 0 Å². The van der Waals surface area contributed by atoms with Crippen LogP contribution in [-0.4, -0.2) is 17.1 Å². The van der Waals surface area contributed by atoms with Crippen molar-refractivity contribution in [3.63, 3.8) is 0 Å². The van der Waals surface area contributed by atoms with E-state index in [2.05, 4.69) is 21.4 Å². The van der Waals surface area contributed by atoms with Crippen LogP contribution < -0.4 is 14.8 Å². The average molecular weight is 360 g/mol. The number of ether oxygens (including phenoxy) is 2. The van der Waals surface area contributed by atoms with Crippen molar-refractivity contribution >= 4 is 5.69 Å². The first kappa shape index (κ1) is 18.2. The monoisotopic (exact) mass is 360 g/mol. The Kier molecular flexibility index (Phi) is 5.53. The van der Waals surface area contributed by atoms with Crippen LogP contribution in [-0.2, 0) is 6.54 Å². The minimum Gasteiger partial charge on any atom is -0.497 e. The van der Waals surface area contributed by atoms with Crippen molar-refractivity contribution in [2.24, 2.45) is 0 Å². The number of pyridine rings is 2. The molecule has 0 spiro atoms. The number of aromatic nitrogens is 2. The molecule has 0 amide bonds. The van der Waals surface area contributed by atoms with E-state index in [1.165, 1.54) is 0 Å². The molecular formula is C21H20N4O2. The molecule has 27 heavy (non-hydrogen) atoms. The van der Waals surface area contributed by atoms with E-state index < -0.39 is 0 Å². The molecule has 0 saturated carbocycles. The van der Waals surface area contributed by atoms with Crippen molar-refractivity contribution in [3.8, 4) is 23.4 Å². The number of anilines is 1. The maximum Gasteiger partial charge on any atom is 0.219 e. The zero-order chi connectivity index (χ0) is 19.2. The Hall–Kier alpha value is -3.59. The molecule has 0 bridgehead atoms. The molecule has 0 fully saturated rings. The maximum absolute atomic E-state index is 9.36. The van der Waals surface area contributed by atoms with Crippen LogP contribution >= 0.6 is 0 Å². The lowest BCUT2D eigenvalue weighted by molar-refractivity contribution is 0.412. The summed E-state index contributed by atoms with van der Waals surface area (Å²) >= 11 is 0. The molecule has 0 aliphatic carbocycles. The number of nitrogens with one attached hydrogen (secondary N) is 1. The van der Waals surface area contributed by atoms with Crippen LogP contribution in [0, 0.1) is 25.2 Å². The molecule has 6 nitrogen and oxygen atoms in total.